The van der Waals surface area contributed by atoms with E-state index >= 15 is 0 Å². The summed E-state index contributed by atoms with van der Waals surface area (Å²) in [5.41, 5.74) is 3.35. The summed E-state index contributed by atoms with van der Waals surface area (Å²) in [7, 11) is 0. The molecule has 2 atom stereocenters. The van der Waals surface area contributed by atoms with E-state index in [9.17, 15) is 19.5 Å². The van der Waals surface area contributed by atoms with E-state index in [0.717, 1.165) is 16.7 Å². The molecule has 1 heterocycles. The lowest BCUT2D eigenvalue weighted by molar-refractivity contribution is -0.142. The average Bonchev–Trinajstić information content (AvgIpc) is 3.29. The van der Waals surface area contributed by atoms with Crippen LogP contribution >= 0.6 is 0 Å². The number of ketones is 1. The number of carbonyl (C=O) groups is 3. The fourth-order valence-corrected chi connectivity index (χ4v) is 3.54. The molecule has 3 N–H and O–H groups in total. The number of benzene rings is 2. The van der Waals surface area contributed by atoms with Crippen LogP contribution in [0.4, 0.5) is 0 Å². The first-order chi connectivity index (χ1) is 14.9. The number of amides is 1. The third-order valence-corrected chi connectivity index (χ3v) is 5.00. The number of carboxylic acids is 1. The maximum Gasteiger partial charge on any atom is 0.326 e. The lowest BCUT2D eigenvalue weighted by Crippen LogP contribution is -2.41. The maximum atomic E-state index is 12.6. The molecule has 2 aromatic carbocycles. The number of carbonyl (C=O) groups excluding carboxylic acids is 2. The van der Waals surface area contributed by atoms with E-state index in [1.165, 1.54) is 13.1 Å². The van der Waals surface area contributed by atoms with Crippen molar-refractivity contribution in [3.8, 4) is 11.1 Å². The topological polar surface area (TPSA) is 125 Å². The molecule has 8 heteroatoms. The summed E-state index contributed by atoms with van der Waals surface area (Å²) in [5, 5.41) is 21.8. The van der Waals surface area contributed by atoms with E-state index in [2.05, 4.69) is 20.7 Å². The summed E-state index contributed by atoms with van der Waals surface area (Å²) >= 11 is 0. The third kappa shape index (κ3) is 6.33. The summed E-state index contributed by atoms with van der Waals surface area (Å²) in [6, 6.07) is 16.9. The van der Waals surface area contributed by atoms with Crippen LogP contribution in [-0.4, -0.2) is 44.2 Å². The Kier molecular flexibility index (Phi) is 7.26. The molecular weight excluding hydrogens is 396 g/mol. The van der Waals surface area contributed by atoms with E-state index in [0.29, 0.717) is 6.42 Å². The van der Waals surface area contributed by atoms with Gasteiger partial charge in [-0.15, -0.1) is 0 Å². The van der Waals surface area contributed by atoms with E-state index in [4.69, 9.17) is 0 Å². The molecule has 3 aromatic rings. The van der Waals surface area contributed by atoms with Gasteiger partial charge < -0.3 is 10.4 Å². The highest BCUT2D eigenvalue weighted by atomic mass is 16.4. The normalized spacial score (nSPS) is 12.7. The molecule has 31 heavy (non-hydrogen) atoms. The smallest absolute Gasteiger partial charge is 0.326 e. The molecule has 0 aliphatic rings. The zero-order valence-electron chi connectivity index (χ0n) is 17.1. The molecule has 3 rings (SSSR count). The standard InChI is InChI=1S/C23H24N4O4/c1-15(28)25-20(23(30)31)12-17(13-22(29)21-14-24-27-26-21)11-16-7-9-19(10-8-16)18-5-3-2-4-6-18/h2-10,14,17,20H,11-13H2,1H3,(H,25,28)(H,30,31)(H,24,26,27)/t17-,20-/m1/s1. The van der Waals surface area contributed by atoms with Crippen molar-refractivity contribution in [2.24, 2.45) is 5.92 Å². The zero-order chi connectivity index (χ0) is 22.2. The summed E-state index contributed by atoms with van der Waals surface area (Å²) in [4.78, 5) is 35.6. The van der Waals surface area contributed by atoms with Crippen LogP contribution in [-0.2, 0) is 16.0 Å². The van der Waals surface area contributed by atoms with Crippen LogP contribution in [0.2, 0.25) is 0 Å². The Morgan fingerprint density at radius 1 is 1.03 bits per heavy atom. The van der Waals surface area contributed by atoms with Gasteiger partial charge >= 0.3 is 5.97 Å². The highest BCUT2D eigenvalue weighted by Gasteiger charge is 2.26. The van der Waals surface area contributed by atoms with Crippen LogP contribution in [0.25, 0.3) is 11.1 Å². The molecule has 0 bridgehead atoms. The van der Waals surface area contributed by atoms with Crippen LogP contribution in [0.3, 0.4) is 0 Å². The lowest BCUT2D eigenvalue weighted by atomic mass is 9.87. The number of carboxylic acid groups (broad SMARTS) is 1. The third-order valence-electron chi connectivity index (χ3n) is 5.00. The van der Waals surface area contributed by atoms with E-state index in [-0.39, 0.29) is 30.2 Å². The largest absolute Gasteiger partial charge is 0.480 e. The summed E-state index contributed by atoms with van der Waals surface area (Å²) in [5.74, 6) is -2.10. The van der Waals surface area contributed by atoms with E-state index < -0.39 is 17.9 Å². The first kappa shape index (κ1) is 21.9. The van der Waals surface area contributed by atoms with Crippen molar-refractivity contribution in [2.45, 2.75) is 32.2 Å². The van der Waals surface area contributed by atoms with Gasteiger partial charge in [-0.05, 0) is 35.4 Å². The van der Waals surface area contributed by atoms with Gasteiger partial charge in [0.25, 0.3) is 0 Å². The van der Waals surface area contributed by atoms with Gasteiger partial charge in [0, 0.05) is 13.3 Å². The van der Waals surface area contributed by atoms with Gasteiger partial charge in [0.2, 0.25) is 5.91 Å². The first-order valence-electron chi connectivity index (χ1n) is 9.95. The summed E-state index contributed by atoms with van der Waals surface area (Å²) in [6.07, 6.45) is 2.05. The molecule has 0 aliphatic carbocycles. The van der Waals surface area contributed by atoms with Crippen molar-refractivity contribution < 1.29 is 19.5 Å². The Morgan fingerprint density at radius 3 is 2.29 bits per heavy atom. The number of H-pyrrole nitrogens is 1. The Bertz CT molecular complexity index is 1020. The molecule has 8 nitrogen and oxygen atoms in total. The molecular formula is C23H24N4O4. The Balaban J connectivity index is 1.77. The van der Waals surface area contributed by atoms with Crippen LogP contribution in [0.1, 0.15) is 35.8 Å². The Labute approximate surface area is 179 Å². The summed E-state index contributed by atoms with van der Waals surface area (Å²) < 4.78 is 0. The predicted molar refractivity (Wildman–Crippen MR) is 114 cm³/mol. The number of rotatable bonds is 10. The SMILES string of the molecule is CC(=O)N[C@H](C[C@H](CC(=O)c1cn[nH]n1)Cc1ccc(-c2ccccc2)cc1)C(=O)O. The monoisotopic (exact) mass is 420 g/mol. The molecule has 0 spiro atoms. The van der Waals surface area contributed by atoms with E-state index in [1.807, 2.05) is 54.6 Å². The van der Waals surface area contributed by atoms with E-state index in [1.54, 1.807) is 0 Å². The molecule has 0 saturated heterocycles. The molecule has 0 aliphatic heterocycles. The molecule has 0 radical (unpaired) electrons. The first-order valence-corrected chi connectivity index (χ1v) is 9.95. The summed E-state index contributed by atoms with van der Waals surface area (Å²) in [6.45, 7) is 1.27. The molecule has 0 unspecified atom stereocenters. The van der Waals surface area contributed by atoms with Crippen molar-refractivity contribution >= 4 is 17.7 Å². The van der Waals surface area contributed by atoms with Crippen molar-refractivity contribution in [3.63, 3.8) is 0 Å². The molecule has 1 aromatic heterocycles. The second-order valence-electron chi connectivity index (χ2n) is 7.44. The van der Waals surface area contributed by atoms with Gasteiger partial charge in [0.1, 0.15) is 11.7 Å². The maximum absolute atomic E-state index is 12.6. The van der Waals surface area contributed by atoms with Crippen LogP contribution < -0.4 is 5.32 Å². The predicted octanol–water partition coefficient (Wildman–Crippen LogP) is 2.88. The van der Waals surface area contributed by atoms with Gasteiger partial charge in [0.15, 0.2) is 5.78 Å². The number of aromatic amines is 1. The molecule has 0 saturated carbocycles. The second-order valence-corrected chi connectivity index (χ2v) is 7.44. The number of hydrogen-bond donors (Lipinski definition) is 3. The zero-order valence-corrected chi connectivity index (χ0v) is 17.1. The fraction of sp³-hybridized carbons (Fsp3) is 0.261. The van der Waals surface area contributed by atoms with Gasteiger partial charge in [-0.3, -0.25) is 9.59 Å². The highest BCUT2D eigenvalue weighted by molar-refractivity contribution is 5.94. The number of Topliss-reactive ketones (excluding diaryl/α,β-unsaturated/α-hetero) is 1. The minimum atomic E-state index is -1.13. The average molecular weight is 420 g/mol. The fourth-order valence-electron chi connectivity index (χ4n) is 3.54. The van der Waals surface area contributed by atoms with Crippen molar-refractivity contribution in [1.29, 1.82) is 0 Å². The van der Waals surface area contributed by atoms with Gasteiger partial charge in [-0.25, -0.2) is 4.79 Å². The van der Waals surface area contributed by atoms with Gasteiger partial charge in [-0.2, -0.15) is 15.4 Å². The Morgan fingerprint density at radius 2 is 1.71 bits per heavy atom. The molecule has 1 amide bonds. The Hall–Kier alpha value is -3.81. The molecule has 0 fully saturated rings. The van der Waals surface area contributed by atoms with Crippen molar-refractivity contribution in [1.82, 2.24) is 20.7 Å². The number of nitrogens with zero attached hydrogens (tertiary/aromatic N) is 2. The number of aromatic nitrogens is 3. The molecule has 160 valence electrons. The lowest BCUT2D eigenvalue weighted by Gasteiger charge is -2.21. The van der Waals surface area contributed by atoms with Crippen molar-refractivity contribution in [2.75, 3.05) is 0 Å². The number of nitrogens with one attached hydrogen (secondary N) is 2. The minimum absolute atomic E-state index is 0.0936. The number of hydrogen-bond acceptors (Lipinski definition) is 5. The van der Waals surface area contributed by atoms with Gasteiger partial charge in [-0.1, -0.05) is 54.6 Å². The van der Waals surface area contributed by atoms with Crippen LogP contribution in [0.5, 0.6) is 0 Å². The van der Waals surface area contributed by atoms with Crippen molar-refractivity contribution in [3.05, 3.63) is 72.1 Å². The van der Waals surface area contributed by atoms with Crippen LogP contribution in [0, 0.1) is 5.92 Å². The number of aliphatic carboxylic acids is 1. The quantitative estimate of drug-likeness (QED) is 0.433. The van der Waals surface area contributed by atoms with Crippen LogP contribution in [0.15, 0.2) is 60.8 Å². The second kappa shape index (κ2) is 10.3. The van der Waals surface area contributed by atoms with Gasteiger partial charge in [0.05, 0.1) is 6.20 Å². The minimum Gasteiger partial charge on any atom is -0.480 e. The highest BCUT2D eigenvalue weighted by Crippen LogP contribution is 2.24.